The van der Waals surface area contributed by atoms with E-state index in [2.05, 4.69) is 25.8 Å². The van der Waals surface area contributed by atoms with Crippen LogP contribution in [0.15, 0.2) is 46.2 Å². The average molecular weight is 562 g/mol. The third-order valence-electron chi connectivity index (χ3n) is 6.22. The van der Waals surface area contributed by atoms with E-state index in [1.807, 2.05) is 6.92 Å². The Morgan fingerprint density at radius 3 is 2.16 bits per heavy atom. The van der Waals surface area contributed by atoms with Gasteiger partial charge in [-0.1, -0.05) is 35.3 Å². The zero-order chi connectivity index (χ0) is 27.4. The molecular formula is C25H25Cl2N5O6. The first-order chi connectivity index (χ1) is 18.2. The quantitative estimate of drug-likeness (QED) is 0.272. The molecule has 2 aromatic carbocycles. The molecule has 1 aromatic heterocycles. The summed E-state index contributed by atoms with van der Waals surface area (Å²) in [7, 11) is 0. The molecule has 200 valence electrons. The normalized spacial score (nSPS) is 15.6. The second-order valence-electron chi connectivity index (χ2n) is 8.75. The van der Waals surface area contributed by atoms with Crippen molar-refractivity contribution in [2.75, 3.05) is 42.3 Å². The van der Waals surface area contributed by atoms with Gasteiger partial charge in [-0.2, -0.15) is 0 Å². The number of amides is 1. The number of aliphatic carboxylic acids is 1. The van der Waals surface area contributed by atoms with Gasteiger partial charge in [-0.25, -0.2) is 4.79 Å². The van der Waals surface area contributed by atoms with Gasteiger partial charge in [-0.3, -0.25) is 24.3 Å². The maximum Gasteiger partial charge on any atom is 0.326 e. The largest absolute Gasteiger partial charge is 0.480 e. The number of carboxylic acid groups (broad SMARTS) is 1. The molecule has 13 heteroatoms. The number of halogens is 2. The Hall–Kier alpha value is -3.51. The summed E-state index contributed by atoms with van der Waals surface area (Å²) in [5.74, 6) is -1.66. The van der Waals surface area contributed by atoms with Crippen molar-refractivity contribution in [3.63, 3.8) is 0 Å². The molecule has 0 radical (unpaired) electrons. The number of carbonyl (C=O) groups is 2. The van der Waals surface area contributed by atoms with Crippen molar-refractivity contribution in [1.82, 2.24) is 9.88 Å². The molecule has 2 heterocycles. The van der Waals surface area contributed by atoms with Crippen LogP contribution in [0.2, 0.25) is 10.0 Å². The summed E-state index contributed by atoms with van der Waals surface area (Å²) in [6.45, 7) is 4.32. The van der Waals surface area contributed by atoms with Crippen LogP contribution in [0.25, 0.3) is 0 Å². The highest BCUT2D eigenvalue weighted by Gasteiger charge is 2.29. The topological polar surface area (TPSA) is 150 Å². The first-order valence-corrected chi connectivity index (χ1v) is 12.5. The van der Waals surface area contributed by atoms with Gasteiger partial charge in [0.25, 0.3) is 16.8 Å². The SMILES string of the molecule is C[C@@H](Nc1c(N[C@@H](Cc2ccc(C(=O)Nc3c(Cl)cncc3Cl)cc2)C(=O)O)c(=O)c1=O)N1CCOCC1. The van der Waals surface area contributed by atoms with E-state index in [4.69, 9.17) is 27.9 Å². The second kappa shape index (κ2) is 11.9. The van der Waals surface area contributed by atoms with E-state index < -0.39 is 28.8 Å². The predicted molar refractivity (Wildman–Crippen MR) is 144 cm³/mol. The summed E-state index contributed by atoms with van der Waals surface area (Å²) >= 11 is 12.1. The molecule has 0 aliphatic carbocycles. The molecule has 0 spiro atoms. The van der Waals surface area contributed by atoms with Gasteiger partial charge in [0.05, 0.1) is 35.1 Å². The van der Waals surface area contributed by atoms with Crippen LogP contribution in [0.3, 0.4) is 0 Å². The van der Waals surface area contributed by atoms with E-state index in [1.165, 1.54) is 24.5 Å². The maximum absolute atomic E-state index is 12.6. The standard InChI is InChI=1S/C25H25Cl2N5O6/c1-13(32-6-8-38-9-7-32)29-20-21(23(34)22(20)33)30-18(25(36)37)10-14-2-4-15(5-3-14)24(35)31-19-16(26)11-28-12-17(19)27/h2-5,11-13,18,29-30H,6-10H2,1H3,(H,36,37)(H,28,31,35)/t13-,18-/m0/s1. The predicted octanol–water partition coefficient (Wildman–Crippen LogP) is 2.43. The highest BCUT2D eigenvalue weighted by Crippen LogP contribution is 2.29. The Labute approximate surface area is 227 Å². The number of benzene rings is 1. The smallest absolute Gasteiger partial charge is 0.326 e. The number of nitrogens with zero attached hydrogens (tertiary/aromatic N) is 2. The number of morpholine rings is 1. The average Bonchev–Trinajstić information content (AvgIpc) is 2.92. The fourth-order valence-corrected chi connectivity index (χ4v) is 4.51. The Bertz CT molecular complexity index is 1380. The van der Waals surface area contributed by atoms with Crippen LogP contribution in [-0.2, 0) is 16.0 Å². The molecule has 1 amide bonds. The third-order valence-corrected chi connectivity index (χ3v) is 6.79. The number of hydrogen-bond donors (Lipinski definition) is 4. The lowest BCUT2D eigenvalue weighted by Gasteiger charge is -2.33. The summed E-state index contributed by atoms with van der Waals surface area (Å²) in [5.41, 5.74) is -0.326. The van der Waals surface area contributed by atoms with Crippen molar-refractivity contribution >= 4 is 52.1 Å². The monoisotopic (exact) mass is 561 g/mol. The molecule has 1 aliphatic rings. The lowest BCUT2D eigenvalue weighted by atomic mass is 10.0. The number of carbonyl (C=O) groups excluding carboxylic acids is 1. The molecule has 1 saturated heterocycles. The van der Waals surface area contributed by atoms with Gasteiger partial charge in [-0.05, 0) is 24.6 Å². The van der Waals surface area contributed by atoms with Crippen LogP contribution < -0.4 is 26.8 Å². The lowest BCUT2D eigenvalue weighted by Crippen LogP contribution is -2.49. The molecule has 2 atom stereocenters. The van der Waals surface area contributed by atoms with E-state index in [0.717, 1.165) is 0 Å². The molecule has 4 N–H and O–H groups in total. The summed E-state index contributed by atoms with van der Waals surface area (Å²) in [6.07, 6.45) is 2.45. The Morgan fingerprint density at radius 2 is 1.58 bits per heavy atom. The zero-order valence-electron chi connectivity index (χ0n) is 20.3. The van der Waals surface area contributed by atoms with Gasteiger partial charge >= 0.3 is 5.97 Å². The molecule has 38 heavy (non-hydrogen) atoms. The maximum atomic E-state index is 12.6. The number of pyridine rings is 1. The van der Waals surface area contributed by atoms with E-state index in [0.29, 0.717) is 37.4 Å². The van der Waals surface area contributed by atoms with Crippen molar-refractivity contribution in [2.45, 2.75) is 25.6 Å². The van der Waals surface area contributed by atoms with Gasteiger partial charge in [0.15, 0.2) is 0 Å². The minimum absolute atomic E-state index is 0.00346. The highest BCUT2D eigenvalue weighted by molar-refractivity contribution is 6.39. The van der Waals surface area contributed by atoms with Crippen molar-refractivity contribution in [2.24, 2.45) is 0 Å². The molecule has 4 rings (SSSR count). The lowest BCUT2D eigenvalue weighted by molar-refractivity contribution is -0.137. The van der Waals surface area contributed by atoms with E-state index in [1.54, 1.807) is 12.1 Å². The van der Waals surface area contributed by atoms with Gasteiger partial charge in [0.1, 0.15) is 17.4 Å². The number of hydrogen-bond acceptors (Lipinski definition) is 9. The summed E-state index contributed by atoms with van der Waals surface area (Å²) in [6, 6.07) is 5.07. The number of rotatable bonds is 10. The summed E-state index contributed by atoms with van der Waals surface area (Å²) < 4.78 is 5.33. The van der Waals surface area contributed by atoms with Gasteiger partial charge in [0.2, 0.25) is 0 Å². The van der Waals surface area contributed by atoms with Crippen molar-refractivity contribution < 1.29 is 19.4 Å². The molecule has 11 nitrogen and oxygen atoms in total. The minimum Gasteiger partial charge on any atom is -0.480 e. The fourth-order valence-electron chi connectivity index (χ4n) is 4.05. The molecular weight excluding hydrogens is 537 g/mol. The highest BCUT2D eigenvalue weighted by atomic mass is 35.5. The molecule has 1 fully saturated rings. The Morgan fingerprint density at radius 1 is 1.00 bits per heavy atom. The van der Waals surface area contributed by atoms with Crippen LogP contribution in [-0.4, -0.2) is 65.4 Å². The molecule has 3 aromatic rings. The van der Waals surface area contributed by atoms with Crippen molar-refractivity contribution in [1.29, 1.82) is 0 Å². The number of nitrogens with one attached hydrogen (secondary N) is 3. The van der Waals surface area contributed by atoms with Crippen LogP contribution in [0.4, 0.5) is 17.1 Å². The Balaban J connectivity index is 1.42. The first kappa shape index (κ1) is 27.5. The number of ether oxygens (including phenoxy) is 1. The summed E-state index contributed by atoms with van der Waals surface area (Å²) in [5, 5.41) is 18.5. The second-order valence-corrected chi connectivity index (χ2v) is 9.56. The van der Waals surface area contributed by atoms with E-state index >= 15 is 0 Å². The minimum atomic E-state index is -1.20. The van der Waals surface area contributed by atoms with Gasteiger partial charge in [-0.15, -0.1) is 0 Å². The molecule has 0 saturated carbocycles. The summed E-state index contributed by atoms with van der Waals surface area (Å²) in [4.78, 5) is 54.9. The van der Waals surface area contributed by atoms with Crippen LogP contribution in [0.1, 0.15) is 22.8 Å². The van der Waals surface area contributed by atoms with Crippen LogP contribution in [0.5, 0.6) is 0 Å². The third kappa shape index (κ3) is 6.13. The first-order valence-electron chi connectivity index (χ1n) is 11.8. The van der Waals surface area contributed by atoms with Gasteiger partial charge < -0.3 is 25.8 Å². The Kier molecular flexibility index (Phi) is 8.62. The van der Waals surface area contributed by atoms with Crippen LogP contribution >= 0.6 is 23.2 Å². The van der Waals surface area contributed by atoms with E-state index in [-0.39, 0.29) is 39.7 Å². The fraction of sp³-hybridized carbons (Fsp3) is 0.320. The zero-order valence-corrected chi connectivity index (χ0v) is 21.8. The van der Waals surface area contributed by atoms with Crippen LogP contribution in [0, 0.1) is 0 Å². The number of anilines is 3. The van der Waals surface area contributed by atoms with Gasteiger partial charge in [0, 0.05) is 37.5 Å². The molecule has 1 aliphatic heterocycles. The van der Waals surface area contributed by atoms with E-state index in [9.17, 15) is 24.3 Å². The molecule has 0 unspecified atom stereocenters. The molecule has 0 bridgehead atoms. The number of carboxylic acids is 1. The number of aromatic nitrogens is 1. The van der Waals surface area contributed by atoms with Crippen molar-refractivity contribution in [3.8, 4) is 0 Å². The van der Waals surface area contributed by atoms with Crippen molar-refractivity contribution in [3.05, 3.63) is 78.3 Å².